The molecule has 0 radical (unpaired) electrons. The molecule has 1 amide bonds. The molecule has 1 heterocycles. The third kappa shape index (κ3) is 4.31. The average molecular weight is 305 g/mol. The van der Waals surface area contributed by atoms with E-state index in [0.29, 0.717) is 25.9 Å². The molecule has 1 fully saturated rings. The Morgan fingerprint density at radius 1 is 1.36 bits per heavy atom. The first-order valence-electron chi connectivity index (χ1n) is 7.57. The lowest BCUT2D eigenvalue weighted by Gasteiger charge is -2.27. The number of benzene rings is 1. The molecule has 0 aromatic heterocycles. The molecule has 1 aliphatic rings. The van der Waals surface area contributed by atoms with Gasteiger partial charge in [-0.25, -0.2) is 0 Å². The van der Waals surface area contributed by atoms with Gasteiger partial charge in [-0.2, -0.15) is 0 Å². The number of carbonyl (C=O) groups excluding carboxylic acids is 1. The maximum atomic E-state index is 12.2. The van der Waals surface area contributed by atoms with E-state index in [-0.39, 0.29) is 18.9 Å². The fraction of sp³-hybridized carbons (Fsp3) is 0.529. The van der Waals surface area contributed by atoms with Crippen molar-refractivity contribution in [3.63, 3.8) is 0 Å². The van der Waals surface area contributed by atoms with Crippen LogP contribution in [0.15, 0.2) is 18.2 Å². The average Bonchev–Trinajstić information content (AvgIpc) is 2.84. The molecule has 0 saturated carbocycles. The van der Waals surface area contributed by atoms with E-state index < -0.39 is 11.5 Å². The van der Waals surface area contributed by atoms with Crippen molar-refractivity contribution in [3.8, 4) is 0 Å². The van der Waals surface area contributed by atoms with Gasteiger partial charge < -0.3 is 15.2 Å². The van der Waals surface area contributed by atoms with Crippen molar-refractivity contribution in [2.45, 2.75) is 45.1 Å². The van der Waals surface area contributed by atoms with E-state index in [1.807, 2.05) is 26.0 Å². The summed E-state index contributed by atoms with van der Waals surface area (Å²) in [5.74, 6) is -1.04. The number of carboxylic acids is 1. The molecular weight excluding hydrogens is 282 g/mol. The summed E-state index contributed by atoms with van der Waals surface area (Å²) in [6.45, 7) is 4.84. The molecule has 5 heteroatoms. The zero-order valence-electron chi connectivity index (χ0n) is 13.1. The minimum atomic E-state index is -0.917. The van der Waals surface area contributed by atoms with E-state index in [9.17, 15) is 9.59 Å². The van der Waals surface area contributed by atoms with E-state index in [2.05, 4.69) is 11.4 Å². The first-order valence-corrected chi connectivity index (χ1v) is 7.57. The van der Waals surface area contributed by atoms with Gasteiger partial charge in [0.15, 0.2) is 0 Å². The molecule has 1 unspecified atom stereocenters. The van der Waals surface area contributed by atoms with Crippen LogP contribution in [-0.4, -0.2) is 35.7 Å². The number of carbonyl (C=O) groups is 2. The third-order valence-corrected chi connectivity index (χ3v) is 4.12. The van der Waals surface area contributed by atoms with Crippen LogP contribution in [-0.2, 0) is 20.7 Å². The number of nitrogens with one attached hydrogen (secondary N) is 1. The van der Waals surface area contributed by atoms with Crippen molar-refractivity contribution in [1.82, 2.24) is 5.32 Å². The summed E-state index contributed by atoms with van der Waals surface area (Å²) in [6.07, 6.45) is 1.46. The van der Waals surface area contributed by atoms with Crippen molar-refractivity contribution in [1.29, 1.82) is 0 Å². The van der Waals surface area contributed by atoms with Crippen molar-refractivity contribution < 1.29 is 19.4 Å². The van der Waals surface area contributed by atoms with Crippen LogP contribution >= 0.6 is 0 Å². The highest BCUT2D eigenvalue weighted by atomic mass is 16.5. The molecule has 1 aromatic rings. The van der Waals surface area contributed by atoms with E-state index in [0.717, 1.165) is 5.56 Å². The summed E-state index contributed by atoms with van der Waals surface area (Å²) in [5, 5.41) is 11.9. The fourth-order valence-electron chi connectivity index (χ4n) is 2.91. The van der Waals surface area contributed by atoms with Gasteiger partial charge in [0.2, 0.25) is 5.91 Å². The molecule has 0 aliphatic carbocycles. The van der Waals surface area contributed by atoms with Gasteiger partial charge in [0, 0.05) is 13.0 Å². The number of aryl methyl sites for hydroxylation is 3. The Hall–Kier alpha value is -1.88. The maximum Gasteiger partial charge on any atom is 0.305 e. The first kappa shape index (κ1) is 16.5. The lowest BCUT2D eigenvalue weighted by Crippen LogP contribution is -2.50. The van der Waals surface area contributed by atoms with E-state index in [1.165, 1.54) is 11.1 Å². The number of amides is 1. The lowest BCUT2D eigenvalue weighted by molar-refractivity contribution is -0.139. The van der Waals surface area contributed by atoms with Crippen LogP contribution < -0.4 is 5.32 Å². The molecule has 2 N–H and O–H groups in total. The van der Waals surface area contributed by atoms with Gasteiger partial charge >= 0.3 is 5.97 Å². The Bertz CT molecular complexity index is 562. The van der Waals surface area contributed by atoms with E-state index >= 15 is 0 Å². The van der Waals surface area contributed by atoms with Crippen LogP contribution in [0.5, 0.6) is 0 Å². The Balaban J connectivity index is 1.92. The van der Waals surface area contributed by atoms with Gasteiger partial charge in [-0.15, -0.1) is 0 Å². The molecule has 1 atom stereocenters. The normalized spacial score (nSPS) is 20.8. The number of rotatable bonds is 6. The second-order valence-electron chi connectivity index (χ2n) is 6.13. The largest absolute Gasteiger partial charge is 0.481 e. The second-order valence-corrected chi connectivity index (χ2v) is 6.13. The summed E-state index contributed by atoms with van der Waals surface area (Å²) in [4.78, 5) is 23.2. The quantitative estimate of drug-likeness (QED) is 0.842. The minimum absolute atomic E-state index is 0.0949. The Kier molecular flexibility index (Phi) is 5.19. The Labute approximate surface area is 130 Å². The van der Waals surface area contributed by atoms with E-state index in [1.54, 1.807) is 0 Å². The molecule has 1 aliphatic heterocycles. The standard InChI is InChI=1S/C17H23NO4/c1-12-3-4-14(13(2)9-12)5-6-15(19)18-17(10-16(20)21)7-8-22-11-17/h3-4,9H,5-8,10-11H2,1-2H3,(H,18,19)(H,20,21). The van der Waals surface area contributed by atoms with Crippen molar-refractivity contribution in [3.05, 3.63) is 34.9 Å². The number of hydrogen-bond acceptors (Lipinski definition) is 3. The SMILES string of the molecule is Cc1ccc(CCC(=O)NC2(CC(=O)O)CCOC2)c(C)c1. The molecule has 120 valence electrons. The zero-order valence-corrected chi connectivity index (χ0v) is 13.1. The number of hydrogen-bond donors (Lipinski definition) is 2. The highest BCUT2D eigenvalue weighted by molar-refractivity contribution is 5.78. The number of carboxylic acid groups (broad SMARTS) is 1. The van der Waals surface area contributed by atoms with Crippen LogP contribution in [0.4, 0.5) is 0 Å². The first-order chi connectivity index (χ1) is 10.4. The number of aliphatic carboxylic acids is 1. The molecule has 1 saturated heterocycles. The summed E-state index contributed by atoms with van der Waals surface area (Å²) >= 11 is 0. The summed E-state index contributed by atoms with van der Waals surface area (Å²) in [7, 11) is 0. The third-order valence-electron chi connectivity index (χ3n) is 4.12. The smallest absolute Gasteiger partial charge is 0.305 e. The van der Waals surface area contributed by atoms with Crippen LogP contribution in [0.2, 0.25) is 0 Å². The van der Waals surface area contributed by atoms with Crippen LogP contribution in [0.3, 0.4) is 0 Å². The predicted molar refractivity (Wildman–Crippen MR) is 82.8 cm³/mol. The van der Waals surface area contributed by atoms with Crippen LogP contribution in [0.1, 0.15) is 36.0 Å². The highest BCUT2D eigenvalue weighted by Gasteiger charge is 2.38. The van der Waals surface area contributed by atoms with Crippen LogP contribution in [0.25, 0.3) is 0 Å². The second kappa shape index (κ2) is 6.92. The van der Waals surface area contributed by atoms with Gasteiger partial charge in [-0.3, -0.25) is 9.59 Å². The Morgan fingerprint density at radius 2 is 2.14 bits per heavy atom. The van der Waals surface area contributed by atoms with Gasteiger partial charge in [0.1, 0.15) is 0 Å². The molecular formula is C17H23NO4. The van der Waals surface area contributed by atoms with Gasteiger partial charge in [-0.1, -0.05) is 23.8 Å². The van der Waals surface area contributed by atoms with Gasteiger partial charge in [0.25, 0.3) is 0 Å². The zero-order chi connectivity index (χ0) is 16.2. The monoisotopic (exact) mass is 305 g/mol. The number of ether oxygens (including phenoxy) is 1. The maximum absolute atomic E-state index is 12.2. The van der Waals surface area contributed by atoms with Crippen molar-refractivity contribution >= 4 is 11.9 Å². The van der Waals surface area contributed by atoms with Gasteiger partial charge in [0.05, 0.1) is 18.6 Å². The molecule has 0 spiro atoms. The lowest BCUT2D eigenvalue weighted by atomic mass is 9.93. The Morgan fingerprint density at radius 3 is 2.73 bits per heavy atom. The highest BCUT2D eigenvalue weighted by Crippen LogP contribution is 2.23. The molecule has 5 nitrogen and oxygen atoms in total. The van der Waals surface area contributed by atoms with Crippen LogP contribution in [0, 0.1) is 13.8 Å². The fourth-order valence-corrected chi connectivity index (χ4v) is 2.91. The summed E-state index contributed by atoms with van der Waals surface area (Å²) in [6, 6.07) is 6.19. The molecule has 0 bridgehead atoms. The van der Waals surface area contributed by atoms with Crippen molar-refractivity contribution in [2.24, 2.45) is 0 Å². The van der Waals surface area contributed by atoms with E-state index in [4.69, 9.17) is 9.84 Å². The molecule has 22 heavy (non-hydrogen) atoms. The van der Waals surface area contributed by atoms with Gasteiger partial charge in [-0.05, 0) is 37.8 Å². The minimum Gasteiger partial charge on any atom is -0.481 e. The predicted octanol–water partition coefficient (Wildman–Crippen LogP) is 1.99. The van der Waals surface area contributed by atoms with Crippen molar-refractivity contribution in [2.75, 3.05) is 13.2 Å². The molecule has 2 rings (SSSR count). The molecule has 1 aromatic carbocycles. The summed E-state index contributed by atoms with van der Waals surface area (Å²) in [5.41, 5.74) is 2.78. The summed E-state index contributed by atoms with van der Waals surface area (Å²) < 4.78 is 5.28. The topological polar surface area (TPSA) is 75.6 Å².